The van der Waals surface area contributed by atoms with Gasteiger partial charge in [0, 0.05) is 18.7 Å². The molecule has 26 heavy (non-hydrogen) atoms. The summed E-state index contributed by atoms with van der Waals surface area (Å²) in [7, 11) is -3.58. The van der Waals surface area contributed by atoms with Gasteiger partial charge in [-0.1, -0.05) is 26.7 Å². The number of benzene rings is 1. The van der Waals surface area contributed by atoms with Crippen LogP contribution < -0.4 is 14.2 Å². The van der Waals surface area contributed by atoms with Crippen LogP contribution in [0.1, 0.15) is 39.5 Å². The molecule has 1 fully saturated rings. The summed E-state index contributed by atoms with van der Waals surface area (Å²) in [5.41, 5.74) is 0. The standard InChI is InChI=1S/C19H30N2O4S/c1-3-15(4-2)17(21-9-5-6-10-21)14-20-26(22,23)16-7-8-18-19(13-16)25-12-11-24-18/h7-8,13,15,17,20H,3-6,9-12,14H2,1-2H3/t17-/m0/s1. The number of nitrogens with zero attached hydrogens (tertiary/aromatic N) is 1. The zero-order valence-electron chi connectivity index (χ0n) is 15.7. The molecule has 146 valence electrons. The minimum absolute atomic E-state index is 0.228. The SMILES string of the molecule is CCC(CC)[C@H](CNS(=O)(=O)c1ccc2c(c1)OCCO2)N1CCCC1. The van der Waals surface area contributed by atoms with Gasteiger partial charge in [0.15, 0.2) is 11.5 Å². The van der Waals surface area contributed by atoms with E-state index in [0.29, 0.717) is 37.2 Å². The first-order valence-corrected chi connectivity index (χ1v) is 11.2. The third-order valence-electron chi connectivity index (χ3n) is 5.51. The van der Waals surface area contributed by atoms with Crippen molar-refractivity contribution in [3.8, 4) is 11.5 Å². The summed E-state index contributed by atoms with van der Waals surface area (Å²) in [6.45, 7) is 7.88. The number of fused-ring (bicyclic) bond motifs is 1. The van der Waals surface area contributed by atoms with Crippen LogP contribution in [0.3, 0.4) is 0 Å². The zero-order valence-corrected chi connectivity index (χ0v) is 16.6. The van der Waals surface area contributed by atoms with E-state index in [9.17, 15) is 8.42 Å². The molecule has 1 aromatic rings. The molecule has 7 heteroatoms. The molecule has 0 saturated carbocycles. The molecule has 1 aromatic carbocycles. The Bertz CT molecular complexity index is 695. The molecule has 0 spiro atoms. The van der Waals surface area contributed by atoms with Crippen molar-refractivity contribution < 1.29 is 17.9 Å². The van der Waals surface area contributed by atoms with E-state index < -0.39 is 10.0 Å². The number of hydrogen-bond donors (Lipinski definition) is 1. The summed E-state index contributed by atoms with van der Waals surface area (Å²) in [6, 6.07) is 5.05. The predicted octanol–water partition coefficient (Wildman–Crippen LogP) is 2.64. The van der Waals surface area contributed by atoms with Gasteiger partial charge in [-0.05, 0) is 44.0 Å². The molecule has 1 N–H and O–H groups in total. The smallest absolute Gasteiger partial charge is 0.240 e. The Hall–Kier alpha value is -1.31. The van der Waals surface area contributed by atoms with Gasteiger partial charge < -0.3 is 9.47 Å². The molecule has 1 saturated heterocycles. The molecule has 6 nitrogen and oxygen atoms in total. The normalized spacial score (nSPS) is 19.0. The van der Waals surface area contributed by atoms with Crippen LogP contribution in [0.4, 0.5) is 0 Å². The fourth-order valence-corrected chi connectivity index (χ4v) is 5.04. The Morgan fingerprint density at radius 1 is 1.08 bits per heavy atom. The Kier molecular flexibility index (Phi) is 6.42. The van der Waals surface area contributed by atoms with E-state index in [1.807, 2.05) is 0 Å². The highest BCUT2D eigenvalue weighted by molar-refractivity contribution is 7.89. The summed E-state index contributed by atoms with van der Waals surface area (Å²) in [5, 5.41) is 0. The molecule has 0 amide bonds. The fraction of sp³-hybridized carbons (Fsp3) is 0.684. The second-order valence-corrected chi connectivity index (χ2v) is 8.81. The average molecular weight is 383 g/mol. The van der Waals surface area contributed by atoms with E-state index in [1.54, 1.807) is 18.2 Å². The van der Waals surface area contributed by atoms with E-state index >= 15 is 0 Å². The van der Waals surface area contributed by atoms with Gasteiger partial charge in [0.05, 0.1) is 4.90 Å². The molecule has 2 aliphatic heterocycles. The lowest BCUT2D eigenvalue weighted by molar-refractivity contribution is 0.167. The van der Waals surface area contributed by atoms with E-state index in [0.717, 1.165) is 25.9 Å². The van der Waals surface area contributed by atoms with Crippen molar-refractivity contribution in [2.24, 2.45) is 5.92 Å². The number of nitrogens with one attached hydrogen (secondary N) is 1. The molecule has 0 unspecified atom stereocenters. The van der Waals surface area contributed by atoms with Crippen molar-refractivity contribution in [2.45, 2.75) is 50.5 Å². The summed E-state index contributed by atoms with van der Waals surface area (Å²) in [4.78, 5) is 2.68. The van der Waals surface area contributed by atoms with E-state index in [1.165, 1.54) is 12.8 Å². The van der Waals surface area contributed by atoms with Crippen LogP contribution in [0, 0.1) is 5.92 Å². The van der Waals surface area contributed by atoms with Crippen LogP contribution in [0.5, 0.6) is 11.5 Å². The van der Waals surface area contributed by atoms with Crippen molar-refractivity contribution >= 4 is 10.0 Å². The Morgan fingerprint density at radius 2 is 1.73 bits per heavy atom. The third-order valence-corrected chi connectivity index (χ3v) is 6.93. The second-order valence-electron chi connectivity index (χ2n) is 7.04. The van der Waals surface area contributed by atoms with Crippen molar-refractivity contribution in [2.75, 3.05) is 32.8 Å². The number of ether oxygens (including phenoxy) is 2. The molecule has 2 aliphatic rings. The molecule has 0 radical (unpaired) electrons. The molecule has 3 rings (SSSR count). The number of likely N-dealkylation sites (tertiary alicyclic amines) is 1. The van der Waals surface area contributed by atoms with E-state index in [2.05, 4.69) is 23.5 Å². The van der Waals surface area contributed by atoms with Gasteiger partial charge in [-0.2, -0.15) is 0 Å². The first-order chi connectivity index (χ1) is 12.5. The summed E-state index contributed by atoms with van der Waals surface area (Å²) in [6.07, 6.45) is 4.52. The van der Waals surface area contributed by atoms with Crippen LogP contribution in [0.15, 0.2) is 23.1 Å². The van der Waals surface area contributed by atoms with Crippen molar-refractivity contribution in [1.82, 2.24) is 9.62 Å². The monoisotopic (exact) mass is 382 g/mol. The first kappa shape index (κ1) is 19.5. The van der Waals surface area contributed by atoms with Crippen molar-refractivity contribution in [3.63, 3.8) is 0 Å². The molecular weight excluding hydrogens is 352 g/mol. The summed E-state index contributed by atoms with van der Waals surface area (Å²) < 4.78 is 39.4. The largest absolute Gasteiger partial charge is 0.486 e. The van der Waals surface area contributed by atoms with Crippen LogP contribution in [0.25, 0.3) is 0 Å². The van der Waals surface area contributed by atoms with Gasteiger partial charge in [-0.15, -0.1) is 0 Å². The van der Waals surface area contributed by atoms with Crippen LogP contribution in [-0.2, 0) is 10.0 Å². The Morgan fingerprint density at radius 3 is 2.38 bits per heavy atom. The average Bonchev–Trinajstić information content (AvgIpc) is 3.19. The zero-order chi connectivity index (χ0) is 18.6. The van der Waals surface area contributed by atoms with Crippen molar-refractivity contribution in [3.05, 3.63) is 18.2 Å². The van der Waals surface area contributed by atoms with Crippen molar-refractivity contribution in [1.29, 1.82) is 0 Å². The lowest BCUT2D eigenvalue weighted by Crippen LogP contribution is -2.46. The quantitative estimate of drug-likeness (QED) is 0.749. The van der Waals surface area contributed by atoms with Crippen LogP contribution >= 0.6 is 0 Å². The third kappa shape index (κ3) is 4.32. The van der Waals surface area contributed by atoms with Gasteiger partial charge >= 0.3 is 0 Å². The fourth-order valence-electron chi connectivity index (χ4n) is 3.97. The van der Waals surface area contributed by atoms with Gasteiger partial charge in [-0.3, -0.25) is 4.90 Å². The van der Waals surface area contributed by atoms with Gasteiger partial charge in [0.25, 0.3) is 0 Å². The maximum absolute atomic E-state index is 12.8. The second kappa shape index (κ2) is 8.59. The molecule has 1 atom stereocenters. The van der Waals surface area contributed by atoms with E-state index in [4.69, 9.17) is 9.47 Å². The Labute approximate surface area is 156 Å². The lowest BCUT2D eigenvalue weighted by Gasteiger charge is -2.33. The lowest BCUT2D eigenvalue weighted by atomic mass is 9.93. The molecule has 0 bridgehead atoms. The highest BCUT2D eigenvalue weighted by Crippen LogP contribution is 2.32. The number of rotatable bonds is 8. The van der Waals surface area contributed by atoms with Crippen LogP contribution in [0.2, 0.25) is 0 Å². The topological polar surface area (TPSA) is 67.9 Å². The highest BCUT2D eigenvalue weighted by atomic mass is 32.2. The van der Waals surface area contributed by atoms with E-state index in [-0.39, 0.29) is 10.9 Å². The minimum Gasteiger partial charge on any atom is -0.486 e. The maximum atomic E-state index is 12.8. The summed E-state index contributed by atoms with van der Waals surface area (Å²) in [5.74, 6) is 1.59. The predicted molar refractivity (Wildman–Crippen MR) is 101 cm³/mol. The molecular formula is C19H30N2O4S. The van der Waals surface area contributed by atoms with Gasteiger partial charge in [-0.25, -0.2) is 13.1 Å². The van der Waals surface area contributed by atoms with Gasteiger partial charge in [0.2, 0.25) is 10.0 Å². The molecule has 0 aromatic heterocycles. The number of hydrogen-bond acceptors (Lipinski definition) is 5. The van der Waals surface area contributed by atoms with Crippen LogP contribution in [-0.4, -0.2) is 52.2 Å². The highest BCUT2D eigenvalue weighted by Gasteiger charge is 2.29. The minimum atomic E-state index is -3.58. The molecule has 2 heterocycles. The molecule has 0 aliphatic carbocycles. The maximum Gasteiger partial charge on any atom is 0.240 e. The van der Waals surface area contributed by atoms with Gasteiger partial charge in [0.1, 0.15) is 13.2 Å². The number of sulfonamides is 1. The first-order valence-electron chi connectivity index (χ1n) is 9.68. The summed E-state index contributed by atoms with van der Waals surface area (Å²) >= 11 is 0. The Balaban J connectivity index is 1.73.